The van der Waals surface area contributed by atoms with Gasteiger partial charge in [0.25, 0.3) is 0 Å². The number of carbonyl (C=O) groups excluding carboxylic acids is 1. The lowest BCUT2D eigenvalue weighted by Crippen LogP contribution is -2.38. The van der Waals surface area contributed by atoms with Crippen LogP contribution in [0.2, 0.25) is 0 Å². The van der Waals surface area contributed by atoms with Crippen LogP contribution >= 0.6 is 0 Å². The van der Waals surface area contributed by atoms with E-state index in [1.807, 2.05) is 6.07 Å². The van der Waals surface area contributed by atoms with Gasteiger partial charge in [0.2, 0.25) is 11.7 Å². The summed E-state index contributed by atoms with van der Waals surface area (Å²) in [5.74, 6) is 0.445. The van der Waals surface area contributed by atoms with Crippen molar-refractivity contribution in [3.8, 4) is 6.07 Å². The lowest BCUT2D eigenvalue weighted by molar-refractivity contribution is -0.119. The van der Waals surface area contributed by atoms with E-state index in [1.165, 1.54) is 0 Å². The number of rotatable bonds is 4. The van der Waals surface area contributed by atoms with Crippen LogP contribution in [0.3, 0.4) is 0 Å². The molecule has 1 atom stereocenters. The molecule has 0 fully saturated rings. The zero-order chi connectivity index (χ0) is 10.6. The van der Waals surface area contributed by atoms with Gasteiger partial charge >= 0.3 is 0 Å². The van der Waals surface area contributed by atoms with E-state index in [2.05, 4.69) is 5.32 Å². The molecule has 1 aromatic heterocycles. The van der Waals surface area contributed by atoms with Crippen molar-refractivity contribution in [2.45, 2.75) is 19.5 Å². The van der Waals surface area contributed by atoms with E-state index >= 15 is 0 Å². The summed E-state index contributed by atoms with van der Waals surface area (Å²) in [5, 5.41) is 11.3. The van der Waals surface area contributed by atoms with Crippen LogP contribution < -0.4 is 11.1 Å². The summed E-state index contributed by atoms with van der Waals surface area (Å²) in [7, 11) is 0. The van der Waals surface area contributed by atoms with Crippen molar-refractivity contribution in [2.24, 2.45) is 5.73 Å². The maximum atomic E-state index is 10.7. The van der Waals surface area contributed by atoms with Gasteiger partial charge in [-0.25, -0.2) is 0 Å². The maximum Gasteiger partial charge on any atom is 0.234 e. The molecule has 0 aliphatic rings. The largest absolute Gasteiger partial charge is 0.449 e. The molecule has 0 saturated heterocycles. The molecular formula is C9H11N3O2. The second-order valence-corrected chi connectivity index (χ2v) is 2.88. The van der Waals surface area contributed by atoms with Gasteiger partial charge in [-0.1, -0.05) is 0 Å². The number of primary amides is 1. The van der Waals surface area contributed by atoms with E-state index in [-0.39, 0.29) is 5.76 Å². The van der Waals surface area contributed by atoms with Gasteiger partial charge in [-0.15, -0.1) is 0 Å². The molecule has 3 N–H and O–H groups in total. The van der Waals surface area contributed by atoms with Gasteiger partial charge in [0.05, 0.1) is 12.6 Å². The van der Waals surface area contributed by atoms with Crippen LogP contribution in [0.15, 0.2) is 16.5 Å². The minimum atomic E-state index is -0.419. The van der Waals surface area contributed by atoms with Gasteiger partial charge in [0.15, 0.2) is 0 Å². The number of furan rings is 1. The van der Waals surface area contributed by atoms with Gasteiger partial charge in [0.1, 0.15) is 11.8 Å². The molecule has 0 bridgehead atoms. The molecular weight excluding hydrogens is 182 g/mol. The molecule has 0 saturated carbocycles. The van der Waals surface area contributed by atoms with Crippen LogP contribution in [0.1, 0.15) is 18.4 Å². The van der Waals surface area contributed by atoms with Crippen LogP contribution in [0.25, 0.3) is 0 Å². The first kappa shape index (κ1) is 10.3. The van der Waals surface area contributed by atoms with Crippen LogP contribution in [0.4, 0.5) is 0 Å². The van der Waals surface area contributed by atoms with Crippen LogP contribution in [-0.4, -0.2) is 11.9 Å². The normalized spacial score (nSPS) is 12.0. The molecule has 0 aliphatic carbocycles. The fraction of sp³-hybridized carbons (Fsp3) is 0.333. The highest BCUT2D eigenvalue weighted by atomic mass is 16.3. The molecule has 0 radical (unpaired) electrons. The molecule has 1 heterocycles. The summed E-state index contributed by atoms with van der Waals surface area (Å²) in [4.78, 5) is 10.7. The Kier molecular flexibility index (Phi) is 3.26. The van der Waals surface area contributed by atoms with Gasteiger partial charge < -0.3 is 10.2 Å². The van der Waals surface area contributed by atoms with E-state index < -0.39 is 11.9 Å². The number of nitrogens with two attached hydrogens (primary N) is 1. The van der Waals surface area contributed by atoms with E-state index in [9.17, 15) is 4.79 Å². The zero-order valence-corrected chi connectivity index (χ0v) is 7.78. The minimum Gasteiger partial charge on any atom is -0.449 e. The quantitative estimate of drug-likeness (QED) is 0.710. The second kappa shape index (κ2) is 4.44. The van der Waals surface area contributed by atoms with E-state index in [0.29, 0.717) is 12.3 Å². The summed E-state index contributed by atoms with van der Waals surface area (Å²) < 4.78 is 5.09. The van der Waals surface area contributed by atoms with Crippen molar-refractivity contribution in [3.63, 3.8) is 0 Å². The number of carbonyl (C=O) groups is 1. The van der Waals surface area contributed by atoms with Crippen molar-refractivity contribution in [1.82, 2.24) is 5.32 Å². The number of hydrogen-bond acceptors (Lipinski definition) is 4. The van der Waals surface area contributed by atoms with Crippen molar-refractivity contribution in [3.05, 3.63) is 23.7 Å². The lowest BCUT2D eigenvalue weighted by atomic mass is 10.3. The fourth-order valence-electron chi connectivity index (χ4n) is 0.887. The minimum absolute atomic E-state index is 0.258. The molecule has 0 spiro atoms. The fourth-order valence-corrected chi connectivity index (χ4v) is 0.887. The summed E-state index contributed by atoms with van der Waals surface area (Å²) in [6, 6.07) is 4.72. The Morgan fingerprint density at radius 2 is 2.50 bits per heavy atom. The van der Waals surface area contributed by atoms with Crippen LogP contribution in [0, 0.1) is 11.3 Å². The summed E-state index contributed by atoms with van der Waals surface area (Å²) >= 11 is 0. The number of nitrogens with one attached hydrogen (secondary N) is 1. The highest BCUT2D eigenvalue weighted by molar-refractivity contribution is 5.79. The average Bonchev–Trinajstić information content (AvgIpc) is 2.61. The molecule has 0 aromatic carbocycles. The van der Waals surface area contributed by atoms with Crippen molar-refractivity contribution >= 4 is 5.91 Å². The van der Waals surface area contributed by atoms with E-state index in [0.717, 1.165) is 0 Å². The third kappa shape index (κ3) is 2.61. The van der Waals surface area contributed by atoms with Gasteiger partial charge in [-0.2, -0.15) is 5.26 Å². The van der Waals surface area contributed by atoms with Crippen molar-refractivity contribution in [1.29, 1.82) is 5.26 Å². The molecule has 0 aliphatic heterocycles. The smallest absolute Gasteiger partial charge is 0.234 e. The molecule has 1 rings (SSSR count). The second-order valence-electron chi connectivity index (χ2n) is 2.88. The Bertz CT molecular complexity index is 364. The van der Waals surface area contributed by atoms with Gasteiger partial charge in [-0.05, 0) is 19.1 Å². The monoisotopic (exact) mass is 193 g/mol. The molecule has 14 heavy (non-hydrogen) atoms. The number of hydrogen-bond donors (Lipinski definition) is 2. The highest BCUT2D eigenvalue weighted by Gasteiger charge is 2.08. The molecule has 74 valence electrons. The maximum absolute atomic E-state index is 10.7. The van der Waals surface area contributed by atoms with Gasteiger partial charge in [0, 0.05) is 0 Å². The third-order valence-electron chi connectivity index (χ3n) is 1.78. The Labute approximate surface area is 81.5 Å². The van der Waals surface area contributed by atoms with E-state index in [1.54, 1.807) is 19.1 Å². The average molecular weight is 193 g/mol. The molecule has 1 aromatic rings. The number of nitrogens with zero attached hydrogens (tertiary/aromatic N) is 1. The summed E-state index contributed by atoms with van der Waals surface area (Å²) in [6.45, 7) is 2.04. The zero-order valence-electron chi connectivity index (χ0n) is 7.78. The topological polar surface area (TPSA) is 92.1 Å². The first-order valence-electron chi connectivity index (χ1n) is 4.15. The highest BCUT2D eigenvalue weighted by Crippen LogP contribution is 2.05. The van der Waals surface area contributed by atoms with Crippen LogP contribution in [-0.2, 0) is 11.3 Å². The molecule has 5 heteroatoms. The van der Waals surface area contributed by atoms with Crippen molar-refractivity contribution < 1.29 is 9.21 Å². The predicted octanol–water partition coefficient (Wildman–Crippen LogP) is 0.115. The first-order chi connectivity index (χ1) is 6.63. The number of nitriles is 1. The Balaban J connectivity index is 2.46. The Morgan fingerprint density at radius 3 is 3.00 bits per heavy atom. The third-order valence-corrected chi connectivity index (χ3v) is 1.78. The Morgan fingerprint density at radius 1 is 1.79 bits per heavy atom. The molecule has 1 unspecified atom stereocenters. The predicted molar refractivity (Wildman–Crippen MR) is 48.9 cm³/mol. The summed E-state index contributed by atoms with van der Waals surface area (Å²) in [5.41, 5.74) is 5.05. The SMILES string of the molecule is CC(NCc1ccc(C#N)o1)C(N)=O. The van der Waals surface area contributed by atoms with Crippen LogP contribution in [0.5, 0.6) is 0 Å². The van der Waals surface area contributed by atoms with Crippen molar-refractivity contribution in [2.75, 3.05) is 0 Å². The van der Waals surface area contributed by atoms with Gasteiger partial charge in [-0.3, -0.25) is 10.1 Å². The lowest BCUT2D eigenvalue weighted by Gasteiger charge is -2.07. The first-order valence-corrected chi connectivity index (χ1v) is 4.15. The standard InChI is InChI=1S/C9H11N3O2/c1-6(9(11)13)12-5-8-3-2-7(4-10)14-8/h2-3,6,12H,5H2,1H3,(H2,11,13). The van der Waals surface area contributed by atoms with E-state index in [4.69, 9.17) is 15.4 Å². The molecule has 5 nitrogen and oxygen atoms in total. The molecule has 1 amide bonds. The number of amides is 1. The Hall–Kier alpha value is -1.80. The summed E-state index contributed by atoms with van der Waals surface area (Å²) in [6.07, 6.45) is 0.